The van der Waals surface area contributed by atoms with Crippen molar-refractivity contribution in [3.63, 3.8) is 0 Å². The molecule has 0 aromatic heterocycles. The molecular formula is C10H13F2NO3S. The third-order valence-electron chi connectivity index (χ3n) is 2.00. The Balaban J connectivity index is 2.76. The highest BCUT2D eigenvalue weighted by molar-refractivity contribution is 7.89. The highest BCUT2D eigenvalue weighted by Crippen LogP contribution is 2.14. The van der Waals surface area contributed by atoms with Crippen LogP contribution in [0.1, 0.15) is 6.42 Å². The van der Waals surface area contributed by atoms with Crippen LogP contribution in [0.25, 0.3) is 0 Å². The van der Waals surface area contributed by atoms with E-state index in [0.717, 1.165) is 12.1 Å². The Morgan fingerprint density at radius 2 is 2.06 bits per heavy atom. The number of rotatable bonds is 6. The van der Waals surface area contributed by atoms with Gasteiger partial charge in [-0.25, -0.2) is 21.9 Å². The standard InChI is InChI=1S/C10H13F2NO3S/c1-16-6-2-5-13-17(14,15)10-4-3-8(11)7-9(10)12/h3-4,7,13H,2,5-6H2,1H3. The average Bonchev–Trinajstić information content (AvgIpc) is 2.24. The van der Waals surface area contributed by atoms with Gasteiger partial charge in [0.05, 0.1) is 0 Å². The second-order valence-electron chi connectivity index (χ2n) is 3.32. The second-order valence-corrected chi connectivity index (χ2v) is 5.05. The molecule has 17 heavy (non-hydrogen) atoms. The SMILES string of the molecule is COCCCNS(=O)(=O)c1ccc(F)cc1F. The van der Waals surface area contributed by atoms with Crippen molar-refractivity contribution in [1.29, 1.82) is 0 Å². The van der Waals surface area contributed by atoms with Crippen molar-refractivity contribution >= 4 is 10.0 Å². The van der Waals surface area contributed by atoms with E-state index in [4.69, 9.17) is 4.74 Å². The van der Waals surface area contributed by atoms with Crippen LogP contribution >= 0.6 is 0 Å². The quantitative estimate of drug-likeness (QED) is 0.788. The molecule has 0 aliphatic carbocycles. The number of halogens is 2. The zero-order chi connectivity index (χ0) is 12.9. The van der Waals surface area contributed by atoms with Crippen LogP contribution in [0.2, 0.25) is 0 Å². The highest BCUT2D eigenvalue weighted by atomic mass is 32.2. The van der Waals surface area contributed by atoms with Crippen molar-refractivity contribution in [2.24, 2.45) is 0 Å². The summed E-state index contributed by atoms with van der Waals surface area (Å²) in [7, 11) is -2.44. The number of hydrogen-bond acceptors (Lipinski definition) is 3. The number of benzene rings is 1. The third-order valence-corrected chi connectivity index (χ3v) is 3.50. The van der Waals surface area contributed by atoms with Crippen molar-refractivity contribution in [1.82, 2.24) is 4.72 Å². The summed E-state index contributed by atoms with van der Waals surface area (Å²) in [6.45, 7) is 0.529. The summed E-state index contributed by atoms with van der Waals surface area (Å²) in [5.74, 6) is -1.93. The van der Waals surface area contributed by atoms with Gasteiger partial charge in [0.1, 0.15) is 16.5 Å². The van der Waals surface area contributed by atoms with Crippen molar-refractivity contribution in [2.75, 3.05) is 20.3 Å². The molecule has 0 bridgehead atoms. The average molecular weight is 265 g/mol. The van der Waals surface area contributed by atoms with E-state index in [0.29, 0.717) is 19.1 Å². The van der Waals surface area contributed by atoms with Crippen LogP contribution < -0.4 is 4.72 Å². The van der Waals surface area contributed by atoms with Crippen molar-refractivity contribution in [3.8, 4) is 0 Å². The van der Waals surface area contributed by atoms with Crippen LogP contribution in [0.15, 0.2) is 23.1 Å². The summed E-state index contributed by atoms with van der Waals surface area (Å²) < 4.78 is 56.0. The van der Waals surface area contributed by atoms with E-state index >= 15 is 0 Å². The van der Waals surface area contributed by atoms with Gasteiger partial charge in [-0.2, -0.15) is 0 Å². The Kier molecular flexibility index (Phi) is 4.98. The summed E-state index contributed by atoms with van der Waals surface area (Å²) in [6.07, 6.45) is 0.471. The first kappa shape index (κ1) is 14.0. The van der Waals surface area contributed by atoms with Gasteiger partial charge in [-0.15, -0.1) is 0 Å². The number of methoxy groups -OCH3 is 1. The molecule has 1 rings (SSSR count). The van der Waals surface area contributed by atoms with Crippen LogP contribution in [0.3, 0.4) is 0 Å². The molecule has 0 aliphatic heterocycles. The monoisotopic (exact) mass is 265 g/mol. The minimum absolute atomic E-state index is 0.132. The van der Waals surface area contributed by atoms with Crippen molar-refractivity contribution in [3.05, 3.63) is 29.8 Å². The topological polar surface area (TPSA) is 55.4 Å². The van der Waals surface area contributed by atoms with Crippen molar-refractivity contribution in [2.45, 2.75) is 11.3 Å². The third kappa shape index (κ3) is 4.03. The lowest BCUT2D eigenvalue weighted by molar-refractivity contribution is 0.196. The molecule has 0 unspecified atom stereocenters. The molecular weight excluding hydrogens is 252 g/mol. The number of hydrogen-bond donors (Lipinski definition) is 1. The number of nitrogens with one attached hydrogen (secondary N) is 1. The van der Waals surface area contributed by atoms with E-state index in [1.54, 1.807) is 0 Å². The molecule has 1 aromatic rings. The Labute approximate surface area is 98.6 Å². The van der Waals surface area contributed by atoms with Gasteiger partial charge in [0, 0.05) is 26.3 Å². The predicted molar refractivity (Wildman–Crippen MR) is 58.0 cm³/mol. The van der Waals surface area contributed by atoms with Crippen molar-refractivity contribution < 1.29 is 21.9 Å². The normalized spacial score (nSPS) is 11.7. The van der Waals surface area contributed by atoms with E-state index < -0.39 is 26.6 Å². The molecule has 0 saturated heterocycles. The first-order valence-corrected chi connectivity index (χ1v) is 6.39. The lowest BCUT2D eigenvalue weighted by Gasteiger charge is -2.07. The first-order chi connectivity index (χ1) is 7.97. The predicted octanol–water partition coefficient (Wildman–Crippen LogP) is 1.28. The highest BCUT2D eigenvalue weighted by Gasteiger charge is 2.18. The smallest absolute Gasteiger partial charge is 0.243 e. The fourth-order valence-electron chi connectivity index (χ4n) is 1.19. The van der Waals surface area contributed by atoms with E-state index in [1.165, 1.54) is 7.11 Å². The Hall–Kier alpha value is -1.05. The molecule has 0 atom stereocenters. The second kappa shape index (κ2) is 6.04. The van der Waals surface area contributed by atoms with Crippen LogP contribution in [0.5, 0.6) is 0 Å². The fraction of sp³-hybridized carbons (Fsp3) is 0.400. The van der Waals surface area contributed by atoms with Crippen LogP contribution in [0, 0.1) is 11.6 Å². The molecule has 0 heterocycles. The zero-order valence-electron chi connectivity index (χ0n) is 9.24. The molecule has 0 aliphatic rings. The van der Waals surface area contributed by atoms with E-state index in [-0.39, 0.29) is 6.54 Å². The van der Waals surface area contributed by atoms with Gasteiger partial charge in [0.15, 0.2) is 0 Å². The fourth-order valence-corrected chi connectivity index (χ4v) is 2.33. The van der Waals surface area contributed by atoms with Gasteiger partial charge in [0.2, 0.25) is 10.0 Å². The lowest BCUT2D eigenvalue weighted by atomic mass is 10.3. The van der Waals surface area contributed by atoms with Gasteiger partial charge in [0.25, 0.3) is 0 Å². The summed E-state index contributed by atoms with van der Waals surface area (Å²) in [6, 6.07) is 2.32. The van der Waals surface area contributed by atoms with Gasteiger partial charge < -0.3 is 4.74 Å². The minimum Gasteiger partial charge on any atom is -0.385 e. The maximum absolute atomic E-state index is 13.2. The maximum atomic E-state index is 13.2. The van der Waals surface area contributed by atoms with Gasteiger partial charge in [-0.1, -0.05) is 0 Å². The van der Waals surface area contributed by atoms with Crippen LogP contribution in [0.4, 0.5) is 8.78 Å². The summed E-state index contributed by atoms with van der Waals surface area (Å²) >= 11 is 0. The Bertz CT molecular complexity index is 476. The molecule has 1 N–H and O–H groups in total. The van der Waals surface area contributed by atoms with Gasteiger partial charge in [-0.05, 0) is 18.6 Å². The molecule has 0 fully saturated rings. The zero-order valence-corrected chi connectivity index (χ0v) is 10.1. The molecule has 7 heteroatoms. The summed E-state index contributed by atoms with van der Waals surface area (Å²) in [5.41, 5.74) is 0. The Morgan fingerprint density at radius 1 is 1.35 bits per heavy atom. The molecule has 0 spiro atoms. The molecule has 0 radical (unpaired) electrons. The van der Waals surface area contributed by atoms with Gasteiger partial charge >= 0.3 is 0 Å². The summed E-state index contributed by atoms with van der Waals surface area (Å²) in [5, 5.41) is 0. The molecule has 4 nitrogen and oxygen atoms in total. The minimum atomic E-state index is -3.94. The summed E-state index contributed by atoms with van der Waals surface area (Å²) in [4.78, 5) is -0.559. The largest absolute Gasteiger partial charge is 0.385 e. The first-order valence-electron chi connectivity index (χ1n) is 4.91. The van der Waals surface area contributed by atoms with Gasteiger partial charge in [-0.3, -0.25) is 0 Å². The van der Waals surface area contributed by atoms with E-state index in [1.807, 2.05) is 0 Å². The molecule has 1 aromatic carbocycles. The number of sulfonamides is 1. The lowest BCUT2D eigenvalue weighted by Crippen LogP contribution is -2.26. The maximum Gasteiger partial charge on any atom is 0.243 e. The molecule has 0 saturated carbocycles. The molecule has 96 valence electrons. The Morgan fingerprint density at radius 3 is 2.65 bits per heavy atom. The van der Waals surface area contributed by atoms with E-state index in [9.17, 15) is 17.2 Å². The van der Waals surface area contributed by atoms with Crippen LogP contribution in [-0.2, 0) is 14.8 Å². The van der Waals surface area contributed by atoms with Crippen LogP contribution in [-0.4, -0.2) is 28.7 Å². The number of ether oxygens (including phenoxy) is 1. The molecule has 0 amide bonds. The van der Waals surface area contributed by atoms with E-state index in [2.05, 4.69) is 4.72 Å².